The lowest BCUT2D eigenvalue weighted by atomic mass is 9.99. The molecule has 1 N–H and O–H groups in total. The molecule has 1 aliphatic rings. The van der Waals surface area contributed by atoms with Crippen LogP contribution in [0.5, 0.6) is 0 Å². The second-order valence-electron chi connectivity index (χ2n) is 5.91. The first kappa shape index (κ1) is 13.9. The third-order valence-electron chi connectivity index (χ3n) is 4.16. The van der Waals surface area contributed by atoms with Crippen molar-refractivity contribution in [1.29, 1.82) is 0 Å². The van der Waals surface area contributed by atoms with Gasteiger partial charge >= 0.3 is 0 Å². The number of nitrogens with one attached hydrogen (secondary N) is 1. The molecule has 1 heterocycles. The van der Waals surface area contributed by atoms with E-state index in [9.17, 15) is 0 Å². The van der Waals surface area contributed by atoms with E-state index < -0.39 is 0 Å². The first-order valence-corrected chi connectivity index (χ1v) is 7.72. The molecule has 0 saturated carbocycles. The Kier molecular flexibility index (Phi) is 4.09. The number of aryl methyl sites for hydroxylation is 1. The van der Waals surface area contributed by atoms with Crippen molar-refractivity contribution in [3.05, 3.63) is 53.7 Å². The molecular formula is C18H23N3. The van der Waals surface area contributed by atoms with Crippen LogP contribution >= 0.6 is 0 Å². The minimum absolute atomic E-state index is 0.381. The largest absolute Gasteiger partial charge is 0.375 e. The van der Waals surface area contributed by atoms with Gasteiger partial charge in [0.1, 0.15) is 0 Å². The Morgan fingerprint density at radius 3 is 2.81 bits per heavy atom. The predicted octanol–water partition coefficient (Wildman–Crippen LogP) is 4.03. The van der Waals surface area contributed by atoms with Crippen LogP contribution in [0.1, 0.15) is 36.4 Å². The number of benzene rings is 1. The fraction of sp³-hybridized carbons (Fsp3) is 0.389. The van der Waals surface area contributed by atoms with Crippen molar-refractivity contribution in [3.63, 3.8) is 0 Å². The Balaban J connectivity index is 1.91. The highest BCUT2D eigenvalue weighted by atomic mass is 15.2. The second-order valence-corrected chi connectivity index (χ2v) is 5.91. The molecule has 3 nitrogen and oxygen atoms in total. The molecule has 0 aliphatic heterocycles. The molecule has 0 fully saturated rings. The van der Waals surface area contributed by atoms with Gasteiger partial charge in [-0.2, -0.15) is 0 Å². The summed E-state index contributed by atoms with van der Waals surface area (Å²) in [5, 5.41) is 3.72. The maximum Gasteiger partial charge on any atom is 0.151 e. The number of nitrogens with zero attached hydrogens (tertiary/aromatic N) is 2. The molecule has 0 amide bonds. The Morgan fingerprint density at radius 2 is 1.95 bits per heavy atom. The maximum atomic E-state index is 4.49. The van der Waals surface area contributed by atoms with Crippen molar-refractivity contribution in [2.75, 3.05) is 24.3 Å². The van der Waals surface area contributed by atoms with Gasteiger partial charge in [0.25, 0.3) is 0 Å². The topological polar surface area (TPSA) is 28.2 Å². The molecule has 1 aromatic heterocycles. The molecule has 1 unspecified atom stereocenters. The van der Waals surface area contributed by atoms with Gasteiger partial charge in [-0.05, 0) is 42.5 Å². The highest BCUT2D eigenvalue weighted by Crippen LogP contribution is 2.33. The van der Waals surface area contributed by atoms with Gasteiger partial charge in [0.2, 0.25) is 0 Å². The summed E-state index contributed by atoms with van der Waals surface area (Å²) >= 11 is 0. The van der Waals surface area contributed by atoms with Crippen LogP contribution in [0.4, 0.5) is 11.5 Å². The van der Waals surface area contributed by atoms with Gasteiger partial charge in [-0.15, -0.1) is 0 Å². The standard InChI is InChI=1S/C18H23N3/c1-21(2)18-17(12-7-13-19-18)20-16-11-6-4-9-14-8-3-5-10-15(14)16/h3,5,7-8,10,12-13,16,20H,4,6,9,11H2,1-2H3. The van der Waals surface area contributed by atoms with Crippen molar-refractivity contribution in [2.24, 2.45) is 0 Å². The van der Waals surface area contributed by atoms with E-state index in [0.717, 1.165) is 11.5 Å². The van der Waals surface area contributed by atoms with Crippen molar-refractivity contribution >= 4 is 11.5 Å². The molecule has 0 saturated heterocycles. The van der Waals surface area contributed by atoms with Crippen molar-refractivity contribution in [3.8, 4) is 0 Å². The summed E-state index contributed by atoms with van der Waals surface area (Å²) in [6.45, 7) is 0. The first-order chi connectivity index (χ1) is 10.3. The van der Waals surface area contributed by atoms with E-state index in [4.69, 9.17) is 0 Å². The van der Waals surface area contributed by atoms with E-state index in [1.54, 1.807) is 0 Å². The summed E-state index contributed by atoms with van der Waals surface area (Å²) in [4.78, 5) is 6.55. The predicted molar refractivity (Wildman–Crippen MR) is 88.9 cm³/mol. The maximum absolute atomic E-state index is 4.49. The van der Waals surface area contributed by atoms with E-state index in [-0.39, 0.29) is 0 Å². The van der Waals surface area contributed by atoms with Gasteiger partial charge in [-0.1, -0.05) is 30.7 Å². The lowest BCUT2D eigenvalue weighted by Crippen LogP contribution is -2.17. The Bertz CT molecular complexity index is 607. The normalized spacial score (nSPS) is 17.7. The average molecular weight is 281 g/mol. The van der Waals surface area contributed by atoms with Gasteiger partial charge in [-0.25, -0.2) is 4.98 Å². The van der Waals surface area contributed by atoms with Gasteiger partial charge in [0, 0.05) is 20.3 Å². The molecule has 3 heteroatoms. The zero-order chi connectivity index (χ0) is 14.7. The summed E-state index contributed by atoms with van der Waals surface area (Å²) in [7, 11) is 4.07. The first-order valence-electron chi connectivity index (χ1n) is 7.72. The van der Waals surface area contributed by atoms with Crippen LogP contribution in [0.2, 0.25) is 0 Å². The van der Waals surface area contributed by atoms with E-state index in [2.05, 4.69) is 45.5 Å². The van der Waals surface area contributed by atoms with Crippen molar-refractivity contribution < 1.29 is 0 Å². The molecule has 0 spiro atoms. The molecule has 2 aromatic rings. The van der Waals surface area contributed by atoms with Crippen LogP contribution in [0, 0.1) is 0 Å². The van der Waals surface area contributed by atoms with Gasteiger partial charge in [-0.3, -0.25) is 0 Å². The number of aromatic nitrogens is 1. The Hall–Kier alpha value is -2.03. The minimum atomic E-state index is 0.381. The van der Waals surface area contributed by atoms with Crippen LogP contribution in [0.25, 0.3) is 0 Å². The fourth-order valence-corrected chi connectivity index (χ4v) is 3.12. The van der Waals surface area contributed by atoms with Crippen LogP contribution in [0.15, 0.2) is 42.6 Å². The van der Waals surface area contributed by atoms with Gasteiger partial charge in [0.05, 0.1) is 11.7 Å². The summed E-state index contributed by atoms with van der Waals surface area (Å²) in [6.07, 6.45) is 6.77. The average Bonchev–Trinajstić information content (AvgIpc) is 2.70. The van der Waals surface area contributed by atoms with Crippen molar-refractivity contribution in [1.82, 2.24) is 4.98 Å². The zero-order valence-corrected chi connectivity index (χ0v) is 12.8. The molecule has 110 valence electrons. The molecule has 0 radical (unpaired) electrons. The summed E-state index contributed by atoms with van der Waals surface area (Å²) < 4.78 is 0. The van der Waals surface area contributed by atoms with Crippen LogP contribution in [0.3, 0.4) is 0 Å². The number of anilines is 2. The zero-order valence-electron chi connectivity index (χ0n) is 12.8. The highest BCUT2D eigenvalue weighted by Gasteiger charge is 2.19. The Labute approximate surface area is 127 Å². The molecule has 1 atom stereocenters. The third kappa shape index (κ3) is 3.02. The summed E-state index contributed by atoms with van der Waals surface area (Å²) in [6, 6.07) is 13.3. The number of hydrogen-bond donors (Lipinski definition) is 1. The smallest absolute Gasteiger partial charge is 0.151 e. The number of hydrogen-bond acceptors (Lipinski definition) is 3. The van der Waals surface area contributed by atoms with E-state index in [1.807, 2.05) is 26.4 Å². The van der Waals surface area contributed by atoms with Crippen LogP contribution in [-0.2, 0) is 6.42 Å². The monoisotopic (exact) mass is 281 g/mol. The molecule has 3 rings (SSSR count). The van der Waals surface area contributed by atoms with Gasteiger partial charge < -0.3 is 10.2 Å². The molecule has 1 aliphatic carbocycles. The van der Waals surface area contributed by atoms with Crippen LogP contribution in [-0.4, -0.2) is 19.1 Å². The fourth-order valence-electron chi connectivity index (χ4n) is 3.12. The summed E-state index contributed by atoms with van der Waals surface area (Å²) in [5.74, 6) is 0.999. The van der Waals surface area contributed by atoms with Crippen molar-refractivity contribution in [2.45, 2.75) is 31.7 Å². The molecule has 21 heavy (non-hydrogen) atoms. The second kappa shape index (κ2) is 6.17. The van der Waals surface area contributed by atoms with E-state index in [1.165, 1.54) is 36.8 Å². The molecule has 0 bridgehead atoms. The van der Waals surface area contributed by atoms with E-state index >= 15 is 0 Å². The molecular weight excluding hydrogens is 258 g/mol. The third-order valence-corrected chi connectivity index (χ3v) is 4.16. The number of rotatable bonds is 3. The quantitative estimate of drug-likeness (QED) is 0.861. The number of fused-ring (bicyclic) bond motifs is 1. The highest BCUT2D eigenvalue weighted by molar-refractivity contribution is 5.65. The molecule has 1 aromatic carbocycles. The lowest BCUT2D eigenvalue weighted by Gasteiger charge is -2.24. The van der Waals surface area contributed by atoms with Crippen LogP contribution < -0.4 is 10.2 Å². The number of pyridine rings is 1. The lowest BCUT2D eigenvalue weighted by molar-refractivity contribution is 0.644. The summed E-state index contributed by atoms with van der Waals surface area (Å²) in [5.41, 5.74) is 4.05. The SMILES string of the molecule is CN(C)c1ncccc1NC1CCCCc2ccccc21. The van der Waals surface area contributed by atoms with E-state index in [0.29, 0.717) is 6.04 Å². The Morgan fingerprint density at radius 1 is 1.10 bits per heavy atom. The minimum Gasteiger partial charge on any atom is -0.375 e. The van der Waals surface area contributed by atoms with Gasteiger partial charge in [0.15, 0.2) is 5.82 Å².